The van der Waals surface area contributed by atoms with Crippen LogP contribution in [0, 0.1) is 6.92 Å². The molecule has 0 radical (unpaired) electrons. The number of aryl methyl sites for hydroxylation is 1. The summed E-state index contributed by atoms with van der Waals surface area (Å²) >= 11 is 0. The van der Waals surface area contributed by atoms with E-state index < -0.39 is 39.0 Å². The molecule has 4 atom stereocenters. The number of aliphatic hydroxyl groups excluding tert-OH is 2. The van der Waals surface area contributed by atoms with Crippen LogP contribution in [0.15, 0.2) is 30.9 Å². The highest BCUT2D eigenvalue weighted by Crippen LogP contribution is 2.37. The van der Waals surface area contributed by atoms with Crippen molar-refractivity contribution in [3.05, 3.63) is 42.0 Å². The van der Waals surface area contributed by atoms with Crippen LogP contribution in [0.4, 0.5) is 5.82 Å². The number of aliphatic hydroxyl groups is 2. The smallest absolute Gasteiger partial charge is 0.462 e. The number of aromatic amines is 1. The number of hydrogen-bond acceptors (Lipinski definition) is 10. The lowest BCUT2D eigenvalue weighted by Crippen LogP contribution is -2.36. The summed E-state index contributed by atoms with van der Waals surface area (Å²) in [4.78, 5) is 33.0. The first-order chi connectivity index (χ1) is 15.2. The number of fused-ring (bicyclic) bond motifs is 1. The first kappa shape index (κ1) is 22.6. The number of nitrogens with zero attached hydrogens (tertiary/aromatic N) is 3. The fourth-order valence-corrected chi connectivity index (χ4v) is 3.67. The number of imidazole rings is 1. The summed E-state index contributed by atoms with van der Waals surface area (Å²) in [5, 5.41) is 23.6. The fourth-order valence-electron chi connectivity index (χ4n) is 3.33. The van der Waals surface area contributed by atoms with Crippen LogP contribution in [-0.2, 0) is 20.4 Å². The number of aromatic nitrogens is 4. The van der Waals surface area contributed by atoms with E-state index in [0.717, 1.165) is 11.1 Å². The molecule has 13 nitrogen and oxygen atoms in total. The molecule has 0 amide bonds. The Bertz CT molecular complexity index is 1140. The van der Waals surface area contributed by atoms with Gasteiger partial charge >= 0.3 is 7.82 Å². The summed E-state index contributed by atoms with van der Waals surface area (Å²) in [6.45, 7) is 1.58. The van der Waals surface area contributed by atoms with E-state index in [1.54, 1.807) is 12.1 Å². The molecule has 3 heterocycles. The molecule has 2 aromatic heterocycles. The van der Waals surface area contributed by atoms with Crippen molar-refractivity contribution in [3.8, 4) is 5.75 Å². The number of phosphoric ester groups is 1. The van der Waals surface area contributed by atoms with E-state index in [1.165, 1.54) is 12.7 Å². The van der Waals surface area contributed by atoms with Gasteiger partial charge in [-0.1, -0.05) is 12.1 Å². The monoisotopic (exact) mass is 467 g/mol. The Morgan fingerprint density at radius 1 is 1.22 bits per heavy atom. The summed E-state index contributed by atoms with van der Waals surface area (Å²) in [6.07, 6.45) is -2.44. The maximum absolute atomic E-state index is 10.9. The number of phosphoric acid groups is 1. The zero-order valence-corrected chi connectivity index (χ0v) is 17.7. The summed E-state index contributed by atoms with van der Waals surface area (Å²) < 4.78 is 26.5. The minimum Gasteiger partial charge on any atom is -0.462 e. The van der Waals surface area contributed by atoms with Gasteiger partial charge in [-0.05, 0) is 18.6 Å². The van der Waals surface area contributed by atoms with E-state index in [2.05, 4.69) is 29.8 Å². The zero-order valence-electron chi connectivity index (χ0n) is 16.8. The SMILES string of the molecule is Cc1cccc(OC2O[C@H](COP(=O)(O)O)[C@@H](O)[C@H]2O)c1CNc1ncnc2nc[nH]c12. The Labute approximate surface area is 181 Å². The van der Waals surface area contributed by atoms with Crippen molar-refractivity contribution in [2.45, 2.75) is 38.1 Å². The highest BCUT2D eigenvalue weighted by Gasteiger charge is 2.45. The number of benzene rings is 1. The molecule has 32 heavy (non-hydrogen) atoms. The molecule has 14 heteroatoms. The maximum atomic E-state index is 10.9. The molecule has 0 saturated carbocycles. The van der Waals surface area contributed by atoms with Gasteiger partial charge in [-0.25, -0.2) is 19.5 Å². The fraction of sp³-hybridized carbons (Fsp3) is 0.389. The quantitative estimate of drug-likeness (QED) is 0.247. The summed E-state index contributed by atoms with van der Waals surface area (Å²) in [5.74, 6) is 0.934. The van der Waals surface area contributed by atoms with Crippen molar-refractivity contribution in [1.82, 2.24) is 19.9 Å². The Morgan fingerprint density at radius 3 is 2.81 bits per heavy atom. The van der Waals surface area contributed by atoms with Crippen molar-refractivity contribution >= 4 is 24.8 Å². The van der Waals surface area contributed by atoms with Crippen LogP contribution in [0.2, 0.25) is 0 Å². The number of H-pyrrole nitrogens is 1. The number of rotatable bonds is 8. The molecule has 1 saturated heterocycles. The first-order valence-corrected chi connectivity index (χ1v) is 11.1. The van der Waals surface area contributed by atoms with Gasteiger partial charge in [-0.15, -0.1) is 0 Å². The van der Waals surface area contributed by atoms with Gasteiger partial charge in [0.25, 0.3) is 0 Å². The second-order valence-electron chi connectivity index (χ2n) is 7.16. The second-order valence-corrected chi connectivity index (χ2v) is 8.40. The van der Waals surface area contributed by atoms with Gasteiger partial charge in [-0.3, -0.25) is 4.52 Å². The Kier molecular flexibility index (Phi) is 6.40. The number of ether oxygens (including phenoxy) is 2. The van der Waals surface area contributed by atoms with Crippen LogP contribution in [0.1, 0.15) is 11.1 Å². The van der Waals surface area contributed by atoms with E-state index in [-0.39, 0.29) is 0 Å². The van der Waals surface area contributed by atoms with Gasteiger partial charge in [0.1, 0.15) is 35.9 Å². The van der Waals surface area contributed by atoms with E-state index in [1.807, 2.05) is 13.0 Å². The maximum Gasteiger partial charge on any atom is 0.469 e. The van der Waals surface area contributed by atoms with Crippen LogP contribution < -0.4 is 10.1 Å². The van der Waals surface area contributed by atoms with Gasteiger partial charge in [-0.2, -0.15) is 0 Å². The largest absolute Gasteiger partial charge is 0.469 e. The number of hydrogen-bond donors (Lipinski definition) is 6. The lowest BCUT2D eigenvalue weighted by atomic mass is 10.1. The van der Waals surface area contributed by atoms with Crippen molar-refractivity contribution < 1.29 is 38.6 Å². The molecule has 3 aromatic rings. The Morgan fingerprint density at radius 2 is 2.03 bits per heavy atom. The van der Waals surface area contributed by atoms with E-state index in [0.29, 0.717) is 29.3 Å². The lowest BCUT2D eigenvalue weighted by Gasteiger charge is -2.20. The highest BCUT2D eigenvalue weighted by atomic mass is 31.2. The standard InChI is InChI=1S/C18H22N5O8P/c1-9-3-2-4-11(10(9)5-19-16-13-17(21-7-20-13)23-8-22-16)30-18-15(25)14(24)12(31-18)6-29-32(26,27)28/h2-4,7-8,12,14-15,18,24-25H,5-6H2,1H3,(H2,26,27,28)(H2,19,20,21,22,23)/t12-,14-,15-,18?/m1/s1. The third kappa shape index (κ3) is 4.89. The minimum absolute atomic E-state index is 0.309. The molecule has 1 aliphatic heterocycles. The third-order valence-electron chi connectivity index (χ3n) is 4.99. The molecule has 0 bridgehead atoms. The molecule has 1 unspecified atom stereocenters. The molecule has 6 N–H and O–H groups in total. The van der Waals surface area contributed by atoms with Crippen molar-refractivity contribution in [2.24, 2.45) is 0 Å². The van der Waals surface area contributed by atoms with Crippen LogP contribution in [0.3, 0.4) is 0 Å². The van der Waals surface area contributed by atoms with E-state index in [9.17, 15) is 14.8 Å². The molecule has 1 fully saturated rings. The van der Waals surface area contributed by atoms with Gasteiger partial charge < -0.3 is 39.8 Å². The van der Waals surface area contributed by atoms with Crippen LogP contribution >= 0.6 is 7.82 Å². The third-order valence-corrected chi connectivity index (χ3v) is 5.48. The van der Waals surface area contributed by atoms with Crippen LogP contribution in [0.25, 0.3) is 11.2 Å². The average Bonchev–Trinajstić information content (AvgIpc) is 3.32. The van der Waals surface area contributed by atoms with Crippen LogP contribution in [-0.4, -0.2) is 71.1 Å². The van der Waals surface area contributed by atoms with E-state index >= 15 is 0 Å². The molecular weight excluding hydrogens is 445 g/mol. The van der Waals surface area contributed by atoms with E-state index in [4.69, 9.17) is 19.3 Å². The molecule has 4 rings (SSSR count). The molecule has 172 valence electrons. The van der Waals surface area contributed by atoms with Crippen molar-refractivity contribution in [3.63, 3.8) is 0 Å². The van der Waals surface area contributed by atoms with Crippen molar-refractivity contribution in [2.75, 3.05) is 11.9 Å². The molecule has 1 aliphatic rings. The summed E-state index contributed by atoms with van der Waals surface area (Å²) in [5.41, 5.74) is 2.80. The topological polar surface area (TPSA) is 192 Å². The minimum atomic E-state index is -4.76. The van der Waals surface area contributed by atoms with Crippen molar-refractivity contribution in [1.29, 1.82) is 0 Å². The molecular formula is C18H22N5O8P. The molecule has 1 aromatic carbocycles. The summed E-state index contributed by atoms with van der Waals surface area (Å²) in [6, 6.07) is 5.32. The normalized spacial score (nSPS) is 23.5. The number of anilines is 1. The second kappa shape index (κ2) is 9.08. The highest BCUT2D eigenvalue weighted by molar-refractivity contribution is 7.46. The van der Waals surface area contributed by atoms with Gasteiger partial charge in [0, 0.05) is 12.1 Å². The predicted octanol–water partition coefficient (Wildman–Crippen LogP) is 0.208. The average molecular weight is 467 g/mol. The molecule has 0 aliphatic carbocycles. The summed E-state index contributed by atoms with van der Waals surface area (Å²) in [7, 11) is -4.76. The Hall–Kier alpha value is -2.64. The van der Waals surface area contributed by atoms with Crippen LogP contribution in [0.5, 0.6) is 5.75 Å². The van der Waals surface area contributed by atoms with Gasteiger partial charge in [0.2, 0.25) is 6.29 Å². The predicted molar refractivity (Wildman–Crippen MR) is 109 cm³/mol. The lowest BCUT2D eigenvalue weighted by molar-refractivity contribution is -0.116. The number of nitrogens with one attached hydrogen (secondary N) is 2. The van der Waals surface area contributed by atoms with Gasteiger partial charge in [0.05, 0.1) is 12.9 Å². The Balaban J connectivity index is 1.48. The zero-order chi connectivity index (χ0) is 22.9. The first-order valence-electron chi connectivity index (χ1n) is 9.57. The molecule has 0 spiro atoms. The van der Waals surface area contributed by atoms with Gasteiger partial charge in [0.15, 0.2) is 11.5 Å².